The van der Waals surface area contributed by atoms with Crippen LogP contribution in [0.15, 0.2) is 48.5 Å². The predicted octanol–water partition coefficient (Wildman–Crippen LogP) is 2.95. The van der Waals surface area contributed by atoms with Crippen molar-refractivity contribution < 1.29 is 28.7 Å². The Morgan fingerprint density at radius 3 is 2.66 bits per heavy atom. The number of ether oxygens (including phenoxy) is 3. The van der Waals surface area contributed by atoms with Crippen LogP contribution >= 0.6 is 0 Å². The average molecular weight is 398 g/mol. The van der Waals surface area contributed by atoms with Gasteiger partial charge in [-0.15, -0.1) is 0 Å². The van der Waals surface area contributed by atoms with E-state index in [0.717, 1.165) is 0 Å². The van der Waals surface area contributed by atoms with Gasteiger partial charge in [-0.25, -0.2) is 4.79 Å². The summed E-state index contributed by atoms with van der Waals surface area (Å²) >= 11 is 0. The number of nitrogens with one attached hydrogen (secondary N) is 1. The summed E-state index contributed by atoms with van der Waals surface area (Å²) in [6.07, 6.45) is 1.56. The number of nitro groups is 1. The van der Waals surface area contributed by atoms with Crippen LogP contribution in [0.3, 0.4) is 0 Å². The van der Waals surface area contributed by atoms with Crippen molar-refractivity contribution in [3.8, 4) is 11.5 Å². The monoisotopic (exact) mass is 398 g/mol. The van der Waals surface area contributed by atoms with Crippen LogP contribution in [0.25, 0.3) is 6.08 Å². The van der Waals surface area contributed by atoms with Gasteiger partial charge in [-0.3, -0.25) is 14.9 Å². The first-order chi connectivity index (χ1) is 13.9. The van der Waals surface area contributed by atoms with Crippen molar-refractivity contribution in [3.63, 3.8) is 0 Å². The van der Waals surface area contributed by atoms with Gasteiger partial charge in [-0.1, -0.05) is 18.2 Å². The van der Waals surface area contributed by atoms with Gasteiger partial charge in [0, 0.05) is 12.1 Å². The summed E-state index contributed by atoms with van der Waals surface area (Å²) in [6.45, 7) is 2.31. The first-order valence-electron chi connectivity index (χ1n) is 8.76. The molecule has 1 aliphatic rings. The van der Waals surface area contributed by atoms with E-state index in [-0.39, 0.29) is 11.4 Å². The van der Waals surface area contributed by atoms with E-state index in [9.17, 15) is 19.7 Å². The molecule has 0 spiro atoms. The van der Waals surface area contributed by atoms with E-state index in [1.807, 2.05) is 0 Å². The zero-order valence-electron chi connectivity index (χ0n) is 15.5. The largest absolute Gasteiger partial charge is 0.486 e. The molecular formula is C20H18N2O7. The zero-order chi connectivity index (χ0) is 20.8. The molecule has 1 N–H and O–H groups in total. The first-order valence-corrected chi connectivity index (χ1v) is 8.76. The Kier molecular flexibility index (Phi) is 6.08. The van der Waals surface area contributed by atoms with Gasteiger partial charge in [0.1, 0.15) is 18.9 Å². The lowest BCUT2D eigenvalue weighted by Crippen LogP contribution is -2.29. The standard InChI is InChI=1S/C20H18N2O7/c1-13(20(24)21-15-4-2-3-5-16(15)22(25)26)29-19(23)9-7-14-6-8-17-18(12-14)28-11-10-27-17/h2-9,12-13H,10-11H2,1H3,(H,21,24)/b9-7+/t13-/m0/s1. The molecule has 0 bridgehead atoms. The fourth-order valence-electron chi connectivity index (χ4n) is 2.57. The van der Waals surface area contributed by atoms with Crippen LogP contribution in [-0.2, 0) is 14.3 Å². The Morgan fingerprint density at radius 1 is 1.17 bits per heavy atom. The normalized spacial score (nSPS) is 13.6. The Balaban J connectivity index is 1.58. The van der Waals surface area contributed by atoms with Gasteiger partial charge < -0.3 is 19.5 Å². The van der Waals surface area contributed by atoms with Gasteiger partial charge in [0.2, 0.25) is 0 Å². The number of fused-ring (bicyclic) bond motifs is 1. The number of nitro benzene ring substituents is 1. The van der Waals surface area contributed by atoms with Gasteiger partial charge >= 0.3 is 5.97 Å². The average Bonchev–Trinajstić information content (AvgIpc) is 2.72. The number of hydrogen-bond donors (Lipinski definition) is 1. The van der Waals surface area contributed by atoms with Crippen LogP contribution in [-0.4, -0.2) is 36.1 Å². The second-order valence-corrected chi connectivity index (χ2v) is 6.08. The van der Waals surface area contributed by atoms with Gasteiger partial charge in [-0.2, -0.15) is 0 Å². The number of para-hydroxylation sites is 2. The quantitative estimate of drug-likeness (QED) is 0.344. The lowest BCUT2D eigenvalue weighted by atomic mass is 10.2. The van der Waals surface area contributed by atoms with Gasteiger partial charge in [0.25, 0.3) is 11.6 Å². The van der Waals surface area contributed by atoms with E-state index in [2.05, 4.69) is 5.32 Å². The van der Waals surface area contributed by atoms with Crippen molar-refractivity contribution in [2.24, 2.45) is 0 Å². The minimum atomic E-state index is -1.15. The summed E-state index contributed by atoms with van der Waals surface area (Å²) < 4.78 is 16.0. The number of anilines is 1. The number of nitrogens with zero attached hydrogens (tertiary/aromatic N) is 1. The fourth-order valence-corrected chi connectivity index (χ4v) is 2.57. The molecule has 1 amide bonds. The highest BCUT2D eigenvalue weighted by Gasteiger charge is 2.21. The molecule has 1 heterocycles. The number of amides is 1. The van der Waals surface area contributed by atoms with Crippen LogP contribution in [0.4, 0.5) is 11.4 Å². The molecule has 3 rings (SSSR count). The number of carbonyl (C=O) groups excluding carboxylic acids is 2. The van der Waals surface area contributed by atoms with Crippen molar-refractivity contribution in [2.75, 3.05) is 18.5 Å². The van der Waals surface area contributed by atoms with Gasteiger partial charge in [0.05, 0.1) is 4.92 Å². The molecule has 1 aliphatic heterocycles. The van der Waals surface area contributed by atoms with Crippen LogP contribution in [0, 0.1) is 10.1 Å². The number of rotatable bonds is 6. The third-order valence-electron chi connectivity index (χ3n) is 4.00. The molecule has 1 atom stereocenters. The molecule has 0 fully saturated rings. The van der Waals surface area contributed by atoms with E-state index < -0.39 is 22.9 Å². The molecule has 0 unspecified atom stereocenters. The molecule has 0 saturated heterocycles. The number of esters is 1. The Morgan fingerprint density at radius 2 is 1.90 bits per heavy atom. The molecular weight excluding hydrogens is 380 g/mol. The minimum absolute atomic E-state index is 0.0252. The van der Waals surface area contributed by atoms with Crippen molar-refractivity contribution in [3.05, 3.63) is 64.2 Å². The van der Waals surface area contributed by atoms with Crippen molar-refractivity contribution in [2.45, 2.75) is 13.0 Å². The van der Waals surface area contributed by atoms with Crippen LogP contribution in [0.1, 0.15) is 12.5 Å². The SMILES string of the molecule is C[C@H](OC(=O)/C=C/c1ccc2c(c1)OCCO2)C(=O)Nc1ccccc1[N+](=O)[O-]. The molecule has 0 aliphatic carbocycles. The molecule has 29 heavy (non-hydrogen) atoms. The lowest BCUT2D eigenvalue weighted by molar-refractivity contribution is -0.383. The third kappa shape index (κ3) is 5.10. The summed E-state index contributed by atoms with van der Waals surface area (Å²) in [5.41, 5.74) is 0.471. The van der Waals surface area contributed by atoms with Crippen LogP contribution in [0.2, 0.25) is 0 Å². The molecule has 9 nitrogen and oxygen atoms in total. The second kappa shape index (κ2) is 8.87. The number of hydrogen-bond acceptors (Lipinski definition) is 7. The summed E-state index contributed by atoms with van der Waals surface area (Å²) in [6, 6.07) is 10.9. The summed E-state index contributed by atoms with van der Waals surface area (Å²) in [5, 5.41) is 13.4. The van der Waals surface area contributed by atoms with E-state index >= 15 is 0 Å². The topological polar surface area (TPSA) is 117 Å². The van der Waals surface area contributed by atoms with Gasteiger partial charge in [0.15, 0.2) is 17.6 Å². The Bertz CT molecular complexity index is 971. The maximum absolute atomic E-state index is 12.2. The minimum Gasteiger partial charge on any atom is -0.486 e. The number of carbonyl (C=O) groups is 2. The zero-order valence-corrected chi connectivity index (χ0v) is 15.5. The van der Waals surface area contributed by atoms with E-state index in [4.69, 9.17) is 14.2 Å². The molecule has 0 saturated carbocycles. The lowest BCUT2D eigenvalue weighted by Gasteiger charge is -2.18. The summed E-state index contributed by atoms with van der Waals surface area (Å²) in [4.78, 5) is 34.6. The Labute approximate surface area is 166 Å². The van der Waals surface area contributed by atoms with E-state index in [1.165, 1.54) is 37.3 Å². The fraction of sp³-hybridized carbons (Fsp3) is 0.200. The van der Waals surface area contributed by atoms with Crippen molar-refractivity contribution >= 4 is 29.3 Å². The van der Waals surface area contributed by atoms with Crippen molar-refractivity contribution in [1.29, 1.82) is 0 Å². The van der Waals surface area contributed by atoms with E-state index in [0.29, 0.717) is 30.3 Å². The highest BCUT2D eigenvalue weighted by atomic mass is 16.6. The first kappa shape index (κ1) is 19.9. The summed E-state index contributed by atoms with van der Waals surface area (Å²) in [5.74, 6) is -0.189. The highest BCUT2D eigenvalue weighted by molar-refractivity contribution is 5.98. The molecule has 0 radical (unpaired) electrons. The summed E-state index contributed by atoms with van der Waals surface area (Å²) in [7, 11) is 0. The Hall–Kier alpha value is -3.88. The smallest absolute Gasteiger partial charge is 0.331 e. The molecule has 150 valence electrons. The second-order valence-electron chi connectivity index (χ2n) is 6.08. The van der Waals surface area contributed by atoms with Crippen LogP contribution < -0.4 is 14.8 Å². The highest BCUT2D eigenvalue weighted by Crippen LogP contribution is 2.31. The van der Waals surface area contributed by atoms with Gasteiger partial charge in [-0.05, 0) is 36.8 Å². The molecule has 2 aromatic rings. The maximum atomic E-state index is 12.2. The predicted molar refractivity (Wildman–Crippen MR) is 104 cm³/mol. The number of benzene rings is 2. The molecule has 0 aromatic heterocycles. The molecule has 9 heteroatoms. The molecule has 2 aromatic carbocycles. The maximum Gasteiger partial charge on any atom is 0.331 e. The van der Waals surface area contributed by atoms with Crippen LogP contribution in [0.5, 0.6) is 11.5 Å². The van der Waals surface area contributed by atoms with E-state index in [1.54, 1.807) is 24.3 Å². The third-order valence-corrected chi connectivity index (χ3v) is 4.00. The van der Waals surface area contributed by atoms with Crippen molar-refractivity contribution in [1.82, 2.24) is 0 Å².